The highest BCUT2D eigenvalue weighted by molar-refractivity contribution is 6.33. The maximum absolute atomic E-state index is 6.44. The fraction of sp³-hybridized carbons (Fsp3) is 0.0139. The van der Waals surface area contributed by atoms with Crippen LogP contribution >= 0.6 is 0 Å². The normalized spacial score (nSPS) is 13.1. The number of nitrogens with zero attached hydrogens (tertiary/aromatic N) is 3. The van der Waals surface area contributed by atoms with E-state index in [4.69, 9.17) is 19.4 Å². The van der Waals surface area contributed by atoms with E-state index in [0.29, 0.717) is 17.5 Å². The first-order valence-electron chi connectivity index (χ1n) is 26.1. The molecule has 2 aromatic heterocycles. The van der Waals surface area contributed by atoms with Gasteiger partial charge in [-0.3, -0.25) is 0 Å². The summed E-state index contributed by atoms with van der Waals surface area (Å²) in [5.74, 6) is 1.90. The summed E-state index contributed by atoms with van der Waals surface area (Å²) in [5.41, 5.74) is 19.0. The molecule has 0 amide bonds. The maximum atomic E-state index is 6.44. The van der Waals surface area contributed by atoms with E-state index >= 15 is 0 Å². The van der Waals surface area contributed by atoms with Gasteiger partial charge in [0.25, 0.3) is 0 Å². The Bertz CT molecular complexity index is 4920. The Morgan fingerprint density at radius 2 is 0.803 bits per heavy atom. The number of fused-ring (bicyclic) bond motifs is 15. The highest BCUT2D eigenvalue weighted by Gasteiger charge is 2.52. The van der Waals surface area contributed by atoms with Gasteiger partial charge in [0.15, 0.2) is 17.5 Å². The molecule has 0 aliphatic heterocycles. The first-order valence-corrected chi connectivity index (χ1v) is 26.1. The molecule has 0 saturated carbocycles. The number of rotatable bonds is 5. The smallest absolute Gasteiger partial charge is 0.164 e. The summed E-state index contributed by atoms with van der Waals surface area (Å²) in [6.07, 6.45) is 0. The zero-order valence-corrected chi connectivity index (χ0v) is 40.9. The zero-order chi connectivity index (χ0) is 49.6. The van der Waals surface area contributed by atoms with E-state index in [1.54, 1.807) is 0 Å². The highest BCUT2D eigenvalue weighted by Crippen LogP contribution is 2.64. The van der Waals surface area contributed by atoms with E-state index in [2.05, 4.69) is 249 Å². The summed E-state index contributed by atoms with van der Waals surface area (Å²) in [5, 5.41) is 11.9. The first kappa shape index (κ1) is 41.4. The first-order chi connectivity index (χ1) is 37.7. The predicted molar refractivity (Wildman–Crippen MR) is 312 cm³/mol. The minimum absolute atomic E-state index is 0.557. The van der Waals surface area contributed by atoms with E-state index in [9.17, 15) is 0 Å². The number of furan rings is 1. The minimum Gasteiger partial charge on any atom is -0.456 e. The third-order valence-electron chi connectivity index (χ3n) is 16.7. The van der Waals surface area contributed by atoms with Gasteiger partial charge < -0.3 is 4.42 Å². The number of aromatic nitrogens is 3. The van der Waals surface area contributed by atoms with Crippen LogP contribution in [0, 0.1) is 0 Å². The van der Waals surface area contributed by atoms with Gasteiger partial charge in [-0.15, -0.1) is 0 Å². The molecule has 1 spiro atoms. The van der Waals surface area contributed by atoms with Gasteiger partial charge in [0.05, 0.1) is 5.41 Å². The topological polar surface area (TPSA) is 51.8 Å². The molecule has 76 heavy (non-hydrogen) atoms. The Labute approximate surface area is 437 Å². The van der Waals surface area contributed by atoms with Crippen molar-refractivity contribution in [3.05, 3.63) is 271 Å². The van der Waals surface area contributed by atoms with Gasteiger partial charge in [-0.1, -0.05) is 212 Å². The van der Waals surface area contributed by atoms with Crippen LogP contribution in [0.15, 0.2) is 253 Å². The molecule has 4 heteroatoms. The SMILES string of the molecule is c1cc(-c2ccc3c(c2)C2(c4ccccc4-c4ccccc42)c2cccc(-c4ccc5c(c4)c4cccc6oc7cccc5c7c64)c2-3)cc(-c2nc(-c3ccc4ccccc4c3)nc(-c3cccc4ccccc34)n2)c1. The summed E-state index contributed by atoms with van der Waals surface area (Å²) >= 11 is 0. The fourth-order valence-corrected chi connectivity index (χ4v) is 13.4. The van der Waals surface area contributed by atoms with Crippen LogP contribution in [-0.4, -0.2) is 15.0 Å². The largest absolute Gasteiger partial charge is 0.456 e. The van der Waals surface area contributed by atoms with E-state index < -0.39 is 5.41 Å². The van der Waals surface area contributed by atoms with Crippen molar-refractivity contribution in [3.8, 4) is 78.7 Å². The van der Waals surface area contributed by atoms with E-state index in [1.807, 2.05) is 0 Å². The molecule has 0 bridgehead atoms. The molecule has 17 rings (SSSR count). The van der Waals surface area contributed by atoms with Crippen LogP contribution in [0.3, 0.4) is 0 Å². The maximum Gasteiger partial charge on any atom is 0.164 e. The lowest BCUT2D eigenvalue weighted by atomic mass is 9.70. The van der Waals surface area contributed by atoms with Crippen LogP contribution in [0.4, 0.5) is 0 Å². The second-order valence-corrected chi connectivity index (χ2v) is 20.5. The molecule has 0 radical (unpaired) electrons. The second-order valence-electron chi connectivity index (χ2n) is 20.5. The van der Waals surface area contributed by atoms with Crippen LogP contribution in [0.1, 0.15) is 22.3 Å². The molecule has 0 N–H and O–H groups in total. The Hall–Kier alpha value is -10.0. The van der Waals surface area contributed by atoms with Crippen LogP contribution in [0.5, 0.6) is 0 Å². The predicted octanol–water partition coefficient (Wildman–Crippen LogP) is 18.5. The van der Waals surface area contributed by atoms with Gasteiger partial charge in [0.1, 0.15) is 11.2 Å². The number of hydrogen-bond acceptors (Lipinski definition) is 4. The van der Waals surface area contributed by atoms with Crippen molar-refractivity contribution < 1.29 is 4.42 Å². The van der Waals surface area contributed by atoms with Gasteiger partial charge in [-0.2, -0.15) is 0 Å². The summed E-state index contributed by atoms with van der Waals surface area (Å²) in [6.45, 7) is 0. The van der Waals surface area contributed by atoms with Gasteiger partial charge in [-0.05, 0) is 146 Å². The molecule has 2 aliphatic rings. The van der Waals surface area contributed by atoms with Gasteiger partial charge in [0, 0.05) is 27.5 Å². The number of hydrogen-bond donors (Lipinski definition) is 0. The van der Waals surface area contributed by atoms with Crippen LogP contribution < -0.4 is 0 Å². The highest BCUT2D eigenvalue weighted by atomic mass is 16.3. The summed E-state index contributed by atoms with van der Waals surface area (Å²) < 4.78 is 6.44. The molecule has 0 saturated heterocycles. The lowest BCUT2D eigenvalue weighted by molar-refractivity contribution is 0.669. The van der Waals surface area contributed by atoms with E-state index in [0.717, 1.165) is 55.1 Å². The molecule has 350 valence electrons. The Balaban J connectivity index is 0.866. The molecular formula is C72H41N3O. The van der Waals surface area contributed by atoms with Crippen LogP contribution in [-0.2, 0) is 5.41 Å². The molecule has 4 nitrogen and oxygen atoms in total. The molecule has 15 aromatic rings. The van der Waals surface area contributed by atoms with Crippen molar-refractivity contribution in [1.82, 2.24) is 15.0 Å². The van der Waals surface area contributed by atoms with Crippen molar-refractivity contribution in [2.75, 3.05) is 0 Å². The molecule has 0 atom stereocenters. The molecule has 13 aromatic carbocycles. The van der Waals surface area contributed by atoms with Gasteiger partial charge in [0.2, 0.25) is 0 Å². The average molecular weight is 964 g/mol. The van der Waals surface area contributed by atoms with E-state index in [-0.39, 0.29) is 0 Å². The average Bonchev–Trinajstić information content (AvgIpc) is 4.21. The van der Waals surface area contributed by atoms with Crippen molar-refractivity contribution in [3.63, 3.8) is 0 Å². The van der Waals surface area contributed by atoms with Crippen LogP contribution in [0.2, 0.25) is 0 Å². The fourth-order valence-electron chi connectivity index (χ4n) is 13.4. The summed E-state index contributed by atoms with van der Waals surface area (Å²) in [7, 11) is 0. The molecule has 0 unspecified atom stereocenters. The summed E-state index contributed by atoms with van der Waals surface area (Å²) in [6, 6.07) is 90.7. The molecular weight excluding hydrogens is 923 g/mol. The van der Waals surface area contributed by atoms with Crippen molar-refractivity contribution in [2.45, 2.75) is 5.41 Å². The molecule has 0 fully saturated rings. The van der Waals surface area contributed by atoms with Crippen molar-refractivity contribution in [1.29, 1.82) is 0 Å². The third kappa shape index (κ3) is 5.70. The molecule has 2 aliphatic carbocycles. The van der Waals surface area contributed by atoms with Crippen LogP contribution in [0.25, 0.3) is 144 Å². The standard InChI is InChI=1S/C72H41N3O/c1-2-16-44-38-49(33-32-42(44)14-1)70-73-69(74-71(75-70)57-26-10-17-43-15-3-4-20-50(43)57)48-19-9-18-45(39-48)46-34-37-58-63(41-46)72(60-27-7-5-21-53(60)54-22-6-8-28-61(54)72)62-29-11-23-51(66(58)62)47-35-36-52-55-24-12-30-64-67(55)68-56(59(52)40-47)25-13-31-65(68)76-64/h1-41H. The van der Waals surface area contributed by atoms with Gasteiger partial charge >= 0.3 is 0 Å². The van der Waals surface area contributed by atoms with E-state index in [1.165, 1.54) is 93.3 Å². The lowest BCUT2D eigenvalue weighted by Crippen LogP contribution is -2.25. The van der Waals surface area contributed by atoms with Crippen molar-refractivity contribution in [2.24, 2.45) is 0 Å². The third-order valence-corrected chi connectivity index (χ3v) is 16.7. The number of benzene rings is 13. The molecule has 2 heterocycles. The second kappa shape index (κ2) is 15.5. The van der Waals surface area contributed by atoms with Crippen molar-refractivity contribution >= 4 is 65.0 Å². The minimum atomic E-state index is -0.557. The Morgan fingerprint density at radius 1 is 0.263 bits per heavy atom. The lowest BCUT2D eigenvalue weighted by Gasteiger charge is -2.31. The monoisotopic (exact) mass is 963 g/mol. The zero-order valence-electron chi connectivity index (χ0n) is 40.9. The summed E-state index contributed by atoms with van der Waals surface area (Å²) in [4.78, 5) is 15.8. The Kier molecular flexibility index (Phi) is 8.45. The van der Waals surface area contributed by atoms with Gasteiger partial charge in [-0.25, -0.2) is 15.0 Å². The quantitative estimate of drug-likeness (QED) is 0.161. The Morgan fingerprint density at radius 3 is 1.61 bits per heavy atom.